The van der Waals surface area contributed by atoms with Gasteiger partial charge in [0.05, 0.1) is 18.2 Å². The molecule has 0 aliphatic rings. The SMILES string of the molecule is N#CCc1nccc(-c2ccc(F)c(F)c2)n1. The van der Waals surface area contributed by atoms with Crippen LogP contribution in [-0.2, 0) is 6.42 Å². The molecule has 17 heavy (non-hydrogen) atoms. The fraction of sp³-hybridized carbons (Fsp3) is 0.0833. The Kier molecular flexibility index (Phi) is 3.06. The Morgan fingerprint density at radius 3 is 2.71 bits per heavy atom. The molecule has 0 saturated heterocycles. The number of hydrogen-bond acceptors (Lipinski definition) is 3. The molecule has 0 aliphatic heterocycles. The smallest absolute Gasteiger partial charge is 0.159 e. The fourth-order valence-corrected chi connectivity index (χ4v) is 1.37. The molecule has 0 atom stereocenters. The number of benzene rings is 1. The number of aromatic nitrogens is 2. The molecule has 0 radical (unpaired) electrons. The molecule has 0 aliphatic carbocycles. The van der Waals surface area contributed by atoms with E-state index in [9.17, 15) is 8.78 Å². The second-order valence-corrected chi connectivity index (χ2v) is 3.32. The van der Waals surface area contributed by atoms with E-state index in [2.05, 4.69) is 9.97 Å². The lowest BCUT2D eigenvalue weighted by molar-refractivity contribution is 0.509. The molecule has 2 aromatic rings. The van der Waals surface area contributed by atoms with Crippen molar-refractivity contribution in [1.29, 1.82) is 5.26 Å². The average Bonchev–Trinajstić information content (AvgIpc) is 2.33. The van der Waals surface area contributed by atoms with E-state index >= 15 is 0 Å². The van der Waals surface area contributed by atoms with Gasteiger partial charge in [-0.1, -0.05) is 0 Å². The Labute approximate surface area is 96.4 Å². The van der Waals surface area contributed by atoms with Crippen LogP contribution in [0.5, 0.6) is 0 Å². The van der Waals surface area contributed by atoms with Crippen LogP contribution in [0.3, 0.4) is 0 Å². The molecule has 0 N–H and O–H groups in total. The first-order chi connectivity index (χ1) is 8.20. The minimum absolute atomic E-state index is 0.0809. The molecule has 0 amide bonds. The van der Waals surface area contributed by atoms with E-state index < -0.39 is 11.6 Å². The summed E-state index contributed by atoms with van der Waals surface area (Å²) >= 11 is 0. The van der Waals surface area contributed by atoms with Crippen LogP contribution in [0.1, 0.15) is 5.82 Å². The molecule has 1 aromatic carbocycles. The van der Waals surface area contributed by atoms with Gasteiger partial charge in [-0.05, 0) is 24.3 Å². The second kappa shape index (κ2) is 4.66. The summed E-state index contributed by atoms with van der Waals surface area (Å²) in [5, 5.41) is 8.52. The van der Waals surface area contributed by atoms with Crippen LogP contribution in [0, 0.1) is 23.0 Å². The van der Waals surface area contributed by atoms with Gasteiger partial charge >= 0.3 is 0 Å². The monoisotopic (exact) mass is 231 g/mol. The van der Waals surface area contributed by atoms with Gasteiger partial charge in [0.2, 0.25) is 0 Å². The van der Waals surface area contributed by atoms with Crippen LogP contribution < -0.4 is 0 Å². The molecule has 3 nitrogen and oxygen atoms in total. The fourth-order valence-electron chi connectivity index (χ4n) is 1.37. The topological polar surface area (TPSA) is 49.6 Å². The first kappa shape index (κ1) is 11.1. The van der Waals surface area contributed by atoms with Crippen molar-refractivity contribution in [2.24, 2.45) is 0 Å². The van der Waals surface area contributed by atoms with Crippen molar-refractivity contribution in [2.75, 3.05) is 0 Å². The standard InChI is InChI=1S/C12H7F2N3/c13-9-2-1-8(7-10(9)14)11-4-6-16-12(17-11)3-5-15/h1-2,4,6-7H,3H2. The summed E-state index contributed by atoms with van der Waals surface area (Å²) in [6.45, 7) is 0. The summed E-state index contributed by atoms with van der Waals surface area (Å²) in [6.07, 6.45) is 1.56. The van der Waals surface area contributed by atoms with Crippen LogP contribution in [-0.4, -0.2) is 9.97 Å². The third-order valence-corrected chi connectivity index (χ3v) is 2.16. The zero-order valence-corrected chi connectivity index (χ0v) is 8.69. The summed E-state index contributed by atoms with van der Waals surface area (Å²) in [6, 6.07) is 7.03. The largest absolute Gasteiger partial charge is 0.240 e. The highest BCUT2D eigenvalue weighted by Crippen LogP contribution is 2.19. The highest BCUT2D eigenvalue weighted by atomic mass is 19.2. The number of nitriles is 1. The lowest BCUT2D eigenvalue weighted by atomic mass is 10.1. The maximum absolute atomic E-state index is 13.0. The maximum Gasteiger partial charge on any atom is 0.159 e. The molecule has 0 saturated carbocycles. The first-order valence-corrected chi connectivity index (χ1v) is 4.85. The Hall–Kier alpha value is -2.35. The first-order valence-electron chi connectivity index (χ1n) is 4.85. The molecular weight excluding hydrogens is 224 g/mol. The predicted octanol–water partition coefficient (Wildman–Crippen LogP) is 2.49. The number of halogens is 2. The predicted molar refractivity (Wildman–Crippen MR) is 56.7 cm³/mol. The number of rotatable bonds is 2. The lowest BCUT2D eigenvalue weighted by Gasteiger charge is -2.02. The molecular formula is C12H7F2N3. The maximum atomic E-state index is 13.0. The summed E-state index contributed by atoms with van der Waals surface area (Å²) in [7, 11) is 0. The normalized spacial score (nSPS) is 9.94. The van der Waals surface area contributed by atoms with Crippen molar-refractivity contribution in [1.82, 2.24) is 9.97 Å². The molecule has 1 heterocycles. The van der Waals surface area contributed by atoms with E-state index in [-0.39, 0.29) is 6.42 Å². The summed E-state index contributed by atoms with van der Waals surface area (Å²) in [4.78, 5) is 7.97. The molecule has 0 spiro atoms. The van der Waals surface area contributed by atoms with Gasteiger partial charge in [0.15, 0.2) is 11.6 Å². The number of hydrogen-bond donors (Lipinski definition) is 0. The van der Waals surface area contributed by atoms with Crippen molar-refractivity contribution in [3.05, 3.63) is 47.9 Å². The van der Waals surface area contributed by atoms with E-state index in [4.69, 9.17) is 5.26 Å². The van der Waals surface area contributed by atoms with E-state index in [0.29, 0.717) is 17.1 Å². The molecule has 84 valence electrons. The molecule has 0 bridgehead atoms. The molecule has 0 fully saturated rings. The van der Waals surface area contributed by atoms with E-state index in [1.54, 1.807) is 6.07 Å². The van der Waals surface area contributed by atoms with Crippen LogP contribution >= 0.6 is 0 Å². The second-order valence-electron chi connectivity index (χ2n) is 3.32. The third kappa shape index (κ3) is 2.42. The van der Waals surface area contributed by atoms with Crippen LogP contribution in [0.2, 0.25) is 0 Å². The molecule has 0 unspecified atom stereocenters. The van der Waals surface area contributed by atoms with E-state index in [0.717, 1.165) is 12.1 Å². The Bertz CT molecular complexity index is 591. The van der Waals surface area contributed by atoms with Gasteiger partial charge in [-0.15, -0.1) is 0 Å². The Balaban J connectivity index is 2.42. The number of nitrogens with zero attached hydrogens (tertiary/aromatic N) is 3. The zero-order chi connectivity index (χ0) is 12.3. The molecule has 2 rings (SSSR count). The molecule has 1 aromatic heterocycles. The summed E-state index contributed by atoms with van der Waals surface area (Å²) in [5.74, 6) is -1.47. The zero-order valence-electron chi connectivity index (χ0n) is 8.69. The van der Waals surface area contributed by atoms with Crippen molar-refractivity contribution < 1.29 is 8.78 Å². The van der Waals surface area contributed by atoms with Crippen LogP contribution in [0.4, 0.5) is 8.78 Å². The van der Waals surface area contributed by atoms with Crippen molar-refractivity contribution in [2.45, 2.75) is 6.42 Å². The van der Waals surface area contributed by atoms with E-state index in [1.165, 1.54) is 12.3 Å². The highest BCUT2D eigenvalue weighted by Gasteiger charge is 2.06. The third-order valence-electron chi connectivity index (χ3n) is 2.16. The van der Waals surface area contributed by atoms with Gasteiger partial charge in [-0.2, -0.15) is 5.26 Å². The van der Waals surface area contributed by atoms with Gasteiger partial charge in [0.1, 0.15) is 5.82 Å². The summed E-state index contributed by atoms with van der Waals surface area (Å²) < 4.78 is 25.8. The molecule has 5 heteroatoms. The van der Waals surface area contributed by atoms with Crippen molar-refractivity contribution in [3.63, 3.8) is 0 Å². The van der Waals surface area contributed by atoms with Crippen LogP contribution in [0.15, 0.2) is 30.5 Å². The highest BCUT2D eigenvalue weighted by molar-refractivity contribution is 5.58. The van der Waals surface area contributed by atoms with Gasteiger partial charge < -0.3 is 0 Å². The summed E-state index contributed by atoms with van der Waals surface area (Å²) in [5.41, 5.74) is 0.912. The minimum Gasteiger partial charge on any atom is -0.240 e. The van der Waals surface area contributed by atoms with E-state index in [1.807, 2.05) is 6.07 Å². The lowest BCUT2D eigenvalue weighted by Crippen LogP contribution is -1.95. The van der Waals surface area contributed by atoms with Gasteiger partial charge in [0.25, 0.3) is 0 Å². The minimum atomic E-state index is -0.928. The van der Waals surface area contributed by atoms with Gasteiger partial charge in [-0.3, -0.25) is 0 Å². The van der Waals surface area contributed by atoms with Crippen molar-refractivity contribution in [3.8, 4) is 17.3 Å². The Morgan fingerprint density at radius 1 is 1.18 bits per heavy atom. The van der Waals surface area contributed by atoms with Crippen LogP contribution in [0.25, 0.3) is 11.3 Å². The van der Waals surface area contributed by atoms with Gasteiger partial charge in [-0.25, -0.2) is 18.7 Å². The Morgan fingerprint density at radius 2 is 2.00 bits per heavy atom. The van der Waals surface area contributed by atoms with Gasteiger partial charge in [0, 0.05) is 11.8 Å². The quantitative estimate of drug-likeness (QED) is 0.797. The average molecular weight is 231 g/mol. The van der Waals surface area contributed by atoms with Crippen molar-refractivity contribution >= 4 is 0 Å².